The smallest absolute Gasteiger partial charge is 0.311 e. The van der Waals surface area contributed by atoms with E-state index >= 15 is 0 Å². The highest BCUT2D eigenvalue weighted by Crippen LogP contribution is 2.27. The van der Waals surface area contributed by atoms with E-state index in [1.54, 1.807) is 12.1 Å². The Bertz CT molecular complexity index is 756. The quantitative estimate of drug-likeness (QED) is 0.502. The van der Waals surface area contributed by atoms with Crippen LogP contribution < -0.4 is 10.1 Å². The zero-order chi connectivity index (χ0) is 16.8. The number of ether oxygens (including phenoxy) is 1. The molecular weight excluding hydrogens is 296 g/mol. The Morgan fingerprint density at radius 2 is 2.13 bits per heavy atom. The summed E-state index contributed by atoms with van der Waals surface area (Å²) in [6.07, 6.45) is 2.46. The number of hydrogen-bond donors (Lipinski definition) is 1. The van der Waals surface area contributed by atoms with Crippen LogP contribution >= 0.6 is 0 Å². The van der Waals surface area contributed by atoms with E-state index in [0.717, 1.165) is 5.56 Å². The van der Waals surface area contributed by atoms with Crippen LogP contribution in [0, 0.1) is 10.1 Å². The van der Waals surface area contributed by atoms with E-state index in [-0.39, 0.29) is 17.0 Å². The molecule has 6 heteroatoms. The largest absolute Gasteiger partial charge is 0.490 e. The minimum Gasteiger partial charge on any atom is -0.490 e. The van der Waals surface area contributed by atoms with Crippen molar-refractivity contribution in [1.82, 2.24) is 0 Å². The van der Waals surface area contributed by atoms with Crippen LogP contribution in [-0.2, 0) is 6.42 Å². The second kappa shape index (κ2) is 7.22. The summed E-state index contributed by atoms with van der Waals surface area (Å²) in [6.45, 7) is 3.67. The number of carbonyl (C=O) groups excluding carboxylic acids is 1. The predicted molar refractivity (Wildman–Crippen MR) is 87.9 cm³/mol. The molecule has 23 heavy (non-hydrogen) atoms. The number of methoxy groups -OCH3 is 1. The third-order valence-corrected chi connectivity index (χ3v) is 3.20. The molecule has 0 unspecified atom stereocenters. The zero-order valence-electron chi connectivity index (χ0n) is 12.6. The van der Waals surface area contributed by atoms with Gasteiger partial charge >= 0.3 is 5.69 Å². The molecule has 2 rings (SSSR count). The number of carbonyl (C=O) groups is 1. The molecule has 0 fully saturated rings. The van der Waals surface area contributed by atoms with Crippen molar-refractivity contribution in [3.05, 3.63) is 76.4 Å². The summed E-state index contributed by atoms with van der Waals surface area (Å²) >= 11 is 0. The number of nitrogens with zero attached hydrogens (tertiary/aromatic N) is 1. The van der Waals surface area contributed by atoms with Crippen molar-refractivity contribution in [1.29, 1.82) is 0 Å². The summed E-state index contributed by atoms with van der Waals surface area (Å²) in [5.74, 6) is -0.314. The maximum Gasteiger partial charge on any atom is 0.311 e. The second-order valence-corrected chi connectivity index (χ2v) is 4.79. The van der Waals surface area contributed by atoms with Gasteiger partial charge in [0.2, 0.25) is 0 Å². The number of allylic oxidation sites excluding steroid dienone is 1. The van der Waals surface area contributed by atoms with Crippen molar-refractivity contribution in [2.45, 2.75) is 6.42 Å². The minimum atomic E-state index is -0.583. The molecule has 0 bridgehead atoms. The summed E-state index contributed by atoms with van der Waals surface area (Å²) in [6, 6.07) is 11.4. The molecule has 1 N–H and O–H groups in total. The van der Waals surface area contributed by atoms with Crippen LogP contribution in [0.3, 0.4) is 0 Å². The lowest BCUT2D eigenvalue weighted by atomic mass is 10.1. The van der Waals surface area contributed by atoms with E-state index in [9.17, 15) is 14.9 Å². The SMILES string of the molecule is C=CCc1cccc(NC(=O)c2ccc(OC)c([N+](=O)[O-])c2)c1. The van der Waals surface area contributed by atoms with E-state index in [0.29, 0.717) is 12.1 Å². The summed E-state index contributed by atoms with van der Waals surface area (Å²) in [5.41, 5.74) is 1.57. The van der Waals surface area contributed by atoms with Crippen molar-refractivity contribution >= 4 is 17.3 Å². The Hall–Kier alpha value is -3.15. The lowest BCUT2D eigenvalue weighted by Crippen LogP contribution is -2.12. The molecule has 2 aromatic carbocycles. The van der Waals surface area contributed by atoms with Crippen molar-refractivity contribution in [2.75, 3.05) is 12.4 Å². The third-order valence-electron chi connectivity index (χ3n) is 3.20. The van der Waals surface area contributed by atoms with Crippen LogP contribution in [0.15, 0.2) is 55.1 Å². The van der Waals surface area contributed by atoms with Gasteiger partial charge in [-0.15, -0.1) is 6.58 Å². The lowest BCUT2D eigenvalue weighted by Gasteiger charge is -2.08. The number of hydrogen-bond acceptors (Lipinski definition) is 4. The van der Waals surface area contributed by atoms with Gasteiger partial charge in [0.15, 0.2) is 5.75 Å². The average molecular weight is 312 g/mol. The molecule has 0 spiro atoms. The molecule has 0 atom stereocenters. The Labute approximate surface area is 133 Å². The first-order chi connectivity index (χ1) is 11.0. The molecule has 118 valence electrons. The Balaban J connectivity index is 2.24. The molecule has 0 aliphatic heterocycles. The topological polar surface area (TPSA) is 81.5 Å². The Kier molecular flexibility index (Phi) is 5.09. The van der Waals surface area contributed by atoms with Crippen molar-refractivity contribution in [3.63, 3.8) is 0 Å². The molecule has 2 aromatic rings. The van der Waals surface area contributed by atoms with Gasteiger partial charge in [0, 0.05) is 17.3 Å². The molecule has 0 heterocycles. The van der Waals surface area contributed by atoms with E-state index < -0.39 is 10.8 Å². The summed E-state index contributed by atoms with van der Waals surface area (Å²) in [5, 5.41) is 13.7. The lowest BCUT2D eigenvalue weighted by molar-refractivity contribution is -0.385. The number of amides is 1. The summed E-state index contributed by atoms with van der Waals surface area (Å²) < 4.78 is 4.92. The summed E-state index contributed by atoms with van der Waals surface area (Å²) in [4.78, 5) is 22.7. The molecule has 0 aliphatic rings. The molecule has 0 aliphatic carbocycles. The second-order valence-electron chi connectivity index (χ2n) is 4.79. The molecular formula is C17H16N2O4. The van der Waals surface area contributed by atoms with Gasteiger partial charge in [-0.2, -0.15) is 0 Å². The van der Waals surface area contributed by atoms with E-state index in [1.165, 1.54) is 25.3 Å². The number of nitro benzene ring substituents is 1. The highest BCUT2D eigenvalue weighted by atomic mass is 16.6. The minimum absolute atomic E-state index is 0.111. The maximum absolute atomic E-state index is 12.3. The van der Waals surface area contributed by atoms with Gasteiger partial charge in [-0.05, 0) is 36.2 Å². The van der Waals surface area contributed by atoms with Crippen LogP contribution in [0.25, 0.3) is 0 Å². The van der Waals surface area contributed by atoms with Crippen LogP contribution in [0.4, 0.5) is 11.4 Å². The fraction of sp³-hybridized carbons (Fsp3) is 0.118. The third kappa shape index (κ3) is 3.94. The number of nitro groups is 1. The van der Waals surface area contributed by atoms with Crippen molar-refractivity contribution in [3.8, 4) is 5.75 Å². The first kappa shape index (κ1) is 16.2. The van der Waals surface area contributed by atoms with Crippen molar-refractivity contribution < 1.29 is 14.5 Å². The molecule has 0 radical (unpaired) electrons. The summed E-state index contributed by atoms with van der Waals surface area (Å²) in [7, 11) is 1.34. The van der Waals surface area contributed by atoms with Gasteiger partial charge in [0.25, 0.3) is 5.91 Å². The number of nitrogens with one attached hydrogen (secondary N) is 1. The van der Waals surface area contributed by atoms with Crippen LogP contribution in [-0.4, -0.2) is 17.9 Å². The normalized spacial score (nSPS) is 9.96. The van der Waals surface area contributed by atoms with E-state index in [4.69, 9.17) is 4.74 Å². The van der Waals surface area contributed by atoms with Crippen LogP contribution in [0.5, 0.6) is 5.75 Å². The first-order valence-corrected chi connectivity index (χ1v) is 6.88. The Morgan fingerprint density at radius 3 is 2.78 bits per heavy atom. The van der Waals surface area contributed by atoms with Gasteiger partial charge in [-0.3, -0.25) is 14.9 Å². The highest BCUT2D eigenvalue weighted by Gasteiger charge is 2.18. The Morgan fingerprint density at radius 1 is 1.35 bits per heavy atom. The standard InChI is InChI=1S/C17H16N2O4/c1-3-5-12-6-4-7-14(10-12)18-17(20)13-8-9-16(23-2)15(11-13)19(21)22/h3-4,6-11H,1,5H2,2H3,(H,18,20). The maximum atomic E-state index is 12.3. The molecule has 1 amide bonds. The van der Waals surface area contributed by atoms with Gasteiger partial charge in [0.1, 0.15) is 0 Å². The fourth-order valence-electron chi connectivity index (χ4n) is 2.12. The van der Waals surface area contributed by atoms with E-state index in [1.807, 2.05) is 18.2 Å². The monoisotopic (exact) mass is 312 g/mol. The van der Waals surface area contributed by atoms with Crippen molar-refractivity contribution in [2.24, 2.45) is 0 Å². The molecule has 0 saturated heterocycles. The van der Waals surface area contributed by atoms with Gasteiger partial charge in [0.05, 0.1) is 12.0 Å². The van der Waals surface area contributed by atoms with Gasteiger partial charge in [-0.25, -0.2) is 0 Å². The molecule has 6 nitrogen and oxygen atoms in total. The molecule has 0 aromatic heterocycles. The molecule has 0 saturated carbocycles. The van der Waals surface area contributed by atoms with E-state index in [2.05, 4.69) is 11.9 Å². The number of benzene rings is 2. The zero-order valence-corrected chi connectivity index (χ0v) is 12.6. The van der Waals surface area contributed by atoms with Gasteiger partial charge in [-0.1, -0.05) is 18.2 Å². The number of anilines is 1. The van der Waals surface area contributed by atoms with Gasteiger partial charge < -0.3 is 10.1 Å². The average Bonchev–Trinajstić information content (AvgIpc) is 2.54. The van der Waals surface area contributed by atoms with Crippen LogP contribution in [0.1, 0.15) is 15.9 Å². The first-order valence-electron chi connectivity index (χ1n) is 6.88. The highest BCUT2D eigenvalue weighted by molar-refractivity contribution is 6.04. The predicted octanol–water partition coefficient (Wildman–Crippen LogP) is 3.58. The number of rotatable bonds is 6. The van der Waals surface area contributed by atoms with Crippen LogP contribution in [0.2, 0.25) is 0 Å². The fourth-order valence-corrected chi connectivity index (χ4v) is 2.12.